The Bertz CT molecular complexity index is 969. The molecule has 0 spiro atoms. The predicted octanol–water partition coefficient (Wildman–Crippen LogP) is 2.94. The summed E-state index contributed by atoms with van der Waals surface area (Å²) in [5, 5.41) is 15.5. The van der Waals surface area contributed by atoms with Crippen LogP contribution in [-0.2, 0) is 4.79 Å². The molecule has 1 amide bonds. The zero-order chi connectivity index (χ0) is 17.4. The van der Waals surface area contributed by atoms with Crippen LogP contribution in [0.25, 0.3) is 16.9 Å². The van der Waals surface area contributed by atoms with E-state index in [4.69, 9.17) is 11.6 Å². The van der Waals surface area contributed by atoms with Gasteiger partial charge in [-0.25, -0.2) is 9.50 Å². The van der Waals surface area contributed by atoms with E-state index in [1.54, 1.807) is 31.3 Å². The molecule has 2 aromatic heterocycles. The summed E-state index contributed by atoms with van der Waals surface area (Å²) >= 11 is 6.17. The van der Waals surface area contributed by atoms with Crippen LogP contribution in [0.1, 0.15) is 6.92 Å². The molecule has 2 heterocycles. The summed E-state index contributed by atoms with van der Waals surface area (Å²) in [6.45, 7) is 1.44. The van der Waals surface area contributed by atoms with Gasteiger partial charge in [-0.1, -0.05) is 17.7 Å². The van der Waals surface area contributed by atoms with Gasteiger partial charge in [-0.3, -0.25) is 14.9 Å². The predicted molar refractivity (Wildman–Crippen MR) is 89.2 cm³/mol. The first-order valence-corrected chi connectivity index (χ1v) is 7.29. The van der Waals surface area contributed by atoms with E-state index in [0.717, 1.165) is 6.20 Å². The highest BCUT2D eigenvalue weighted by molar-refractivity contribution is 6.33. The van der Waals surface area contributed by atoms with Gasteiger partial charge in [-0.15, -0.1) is 0 Å². The number of benzene rings is 1. The van der Waals surface area contributed by atoms with E-state index in [-0.39, 0.29) is 17.2 Å². The smallest absolute Gasteiger partial charge is 0.314 e. The number of rotatable bonds is 3. The van der Waals surface area contributed by atoms with Crippen molar-refractivity contribution in [3.05, 3.63) is 51.8 Å². The Morgan fingerprint density at radius 2 is 2.12 bits per heavy atom. The van der Waals surface area contributed by atoms with Crippen LogP contribution in [0.15, 0.2) is 36.7 Å². The van der Waals surface area contributed by atoms with Crippen molar-refractivity contribution >= 4 is 34.5 Å². The molecule has 1 aromatic carbocycles. The molecule has 122 valence electrons. The number of carbonyl (C=O) groups is 1. The quantitative estimate of drug-likeness (QED) is 0.537. The maximum Gasteiger partial charge on any atom is 0.333 e. The third-order valence-electron chi connectivity index (χ3n) is 3.65. The fourth-order valence-corrected chi connectivity index (χ4v) is 2.57. The highest BCUT2D eigenvalue weighted by Gasteiger charge is 2.19. The lowest BCUT2D eigenvalue weighted by molar-refractivity contribution is -0.383. The highest BCUT2D eigenvalue weighted by Crippen LogP contribution is 2.32. The molecule has 0 saturated heterocycles. The standard InChI is InChI=1S/C15H12ClN5O3/c1-9(22)19(2)13-7-10(3-4-11(13)16)12-5-6-17-15-14(21(23)24)8-18-20(12)15/h3-8H,1-2H3. The molecule has 0 unspecified atom stereocenters. The molecule has 0 aliphatic rings. The largest absolute Gasteiger partial charge is 0.333 e. The number of nitro groups is 1. The van der Waals surface area contributed by atoms with E-state index in [0.29, 0.717) is 22.0 Å². The van der Waals surface area contributed by atoms with Gasteiger partial charge >= 0.3 is 5.69 Å². The maximum atomic E-state index is 11.6. The Kier molecular flexibility index (Phi) is 3.90. The van der Waals surface area contributed by atoms with Gasteiger partial charge in [0.1, 0.15) is 6.20 Å². The molecule has 3 rings (SSSR count). The summed E-state index contributed by atoms with van der Waals surface area (Å²) in [7, 11) is 1.62. The van der Waals surface area contributed by atoms with Crippen LogP contribution in [0.4, 0.5) is 11.4 Å². The lowest BCUT2D eigenvalue weighted by atomic mass is 10.1. The zero-order valence-electron chi connectivity index (χ0n) is 12.8. The van der Waals surface area contributed by atoms with E-state index >= 15 is 0 Å². The number of fused-ring (bicyclic) bond motifs is 1. The van der Waals surface area contributed by atoms with Crippen molar-refractivity contribution in [2.75, 3.05) is 11.9 Å². The Labute approximate surface area is 141 Å². The Morgan fingerprint density at radius 3 is 2.79 bits per heavy atom. The van der Waals surface area contributed by atoms with Crippen molar-refractivity contribution in [1.82, 2.24) is 14.6 Å². The van der Waals surface area contributed by atoms with Crippen molar-refractivity contribution in [3.8, 4) is 11.3 Å². The van der Waals surface area contributed by atoms with E-state index in [1.807, 2.05) is 0 Å². The second-order valence-corrected chi connectivity index (χ2v) is 5.50. The van der Waals surface area contributed by atoms with Crippen LogP contribution in [0.5, 0.6) is 0 Å². The molecule has 24 heavy (non-hydrogen) atoms. The van der Waals surface area contributed by atoms with Crippen molar-refractivity contribution < 1.29 is 9.72 Å². The van der Waals surface area contributed by atoms with Crippen molar-refractivity contribution in [2.24, 2.45) is 0 Å². The van der Waals surface area contributed by atoms with Crippen molar-refractivity contribution in [3.63, 3.8) is 0 Å². The first-order chi connectivity index (χ1) is 11.4. The second kappa shape index (κ2) is 5.89. The molecule has 0 atom stereocenters. The molecule has 0 bridgehead atoms. The molecule has 3 aromatic rings. The topological polar surface area (TPSA) is 93.6 Å². The number of hydrogen-bond acceptors (Lipinski definition) is 5. The minimum Gasteiger partial charge on any atom is -0.314 e. The Morgan fingerprint density at radius 1 is 1.38 bits per heavy atom. The molecule has 0 saturated carbocycles. The molecule has 0 aliphatic heterocycles. The van der Waals surface area contributed by atoms with Gasteiger partial charge in [0.15, 0.2) is 0 Å². The van der Waals surface area contributed by atoms with E-state index in [9.17, 15) is 14.9 Å². The van der Waals surface area contributed by atoms with Gasteiger partial charge in [-0.05, 0) is 18.2 Å². The van der Waals surface area contributed by atoms with Crippen LogP contribution in [0, 0.1) is 10.1 Å². The average molecular weight is 346 g/mol. The normalized spacial score (nSPS) is 10.8. The first kappa shape index (κ1) is 15.9. The fourth-order valence-electron chi connectivity index (χ4n) is 2.33. The average Bonchev–Trinajstić information content (AvgIpc) is 2.99. The first-order valence-electron chi connectivity index (χ1n) is 6.91. The fraction of sp³-hybridized carbons (Fsp3) is 0.133. The summed E-state index contributed by atoms with van der Waals surface area (Å²) in [5.74, 6) is -0.163. The SMILES string of the molecule is CC(=O)N(C)c1cc(-c2ccnc3c([N+](=O)[O-])cnn23)ccc1Cl. The molecule has 8 nitrogen and oxygen atoms in total. The van der Waals surface area contributed by atoms with Crippen molar-refractivity contribution in [1.29, 1.82) is 0 Å². The third-order valence-corrected chi connectivity index (χ3v) is 3.97. The number of carbonyl (C=O) groups excluding carboxylic acids is 1. The molecular formula is C15H12ClN5O3. The Balaban J connectivity index is 2.20. The van der Waals surface area contributed by atoms with Gasteiger partial charge in [0.25, 0.3) is 0 Å². The molecule has 0 aliphatic carbocycles. The lowest BCUT2D eigenvalue weighted by Gasteiger charge is -2.17. The molecule has 9 heteroatoms. The van der Waals surface area contributed by atoms with E-state index in [2.05, 4.69) is 10.1 Å². The summed E-state index contributed by atoms with van der Waals surface area (Å²) in [4.78, 5) is 27.6. The van der Waals surface area contributed by atoms with E-state index < -0.39 is 4.92 Å². The summed E-state index contributed by atoms with van der Waals surface area (Å²) in [5.41, 5.74) is 1.81. The molecule has 0 fully saturated rings. The third kappa shape index (κ3) is 2.56. The van der Waals surface area contributed by atoms with Gasteiger partial charge in [0.05, 0.1) is 21.3 Å². The lowest BCUT2D eigenvalue weighted by Crippen LogP contribution is -2.23. The number of aromatic nitrogens is 3. The minimum absolute atomic E-state index is 0.147. The summed E-state index contributed by atoms with van der Waals surface area (Å²) < 4.78 is 1.39. The number of amides is 1. The number of hydrogen-bond donors (Lipinski definition) is 0. The van der Waals surface area contributed by atoms with Crippen molar-refractivity contribution in [2.45, 2.75) is 6.92 Å². The number of anilines is 1. The maximum absolute atomic E-state index is 11.6. The highest BCUT2D eigenvalue weighted by atomic mass is 35.5. The zero-order valence-corrected chi connectivity index (χ0v) is 13.6. The second-order valence-electron chi connectivity index (χ2n) is 5.10. The van der Waals surface area contributed by atoms with Crippen LogP contribution < -0.4 is 4.90 Å². The minimum atomic E-state index is -0.532. The monoisotopic (exact) mass is 345 g/mol. The van der Waals surface area contributed by atoms with Crippen LogP contribution in [0.2, 0.25) is 5.02 Å². The van der Waals surface area contributed by atoms with Gasteiger partial charge < -0.3 is 4.90 Å². The number of nitrogens with zero attached hydrogens (tertiary/aromatic N) is 5. The molecule has 0 N–H and O–H groups in total. The summed E-state index contributed by atoms with van der Waals surface area (Å²) in [6.07, 6.45) is 2.63. The molecular weight excluding hydrogens is 334 g/mol. The van der Waals surface area contributed by atoms with Crippen LogP contribution >= 0.6 is 11.6 Å². The van der Waals surface area contributed by atoms with E-state index in [1.165, 1.54) is 22.5 Å². The number of halogens is 1. The van der Waals surface area contributed by atoms with Gasteiger partial charge in [-0.2, -0.15) is 5.10 Å². The van der Waals surface area contributed by atoms with Gasteiger partial charge in [0.2, 0.25) is 11.6 Å². The van der Waals surface area contributed by atoms with Crippen LogP contribution in [0.3, 0.4) is 0 Å². The van der Waals surface area contributed by atoms with Gasteiger partial charge in [0, 0.05) is 25.7 Å². The molecule has 0 radical (unpaired) electrons. The summed E-state index contributed by atoms with van der Waals surface area (Å²) in [6, 6.07) is 6.83. The Hall–Kier alpha value is -3.00. The van der Waals surface area contributed by atoms with Crippen LogP contribution in [-0.4, -0.2) is 32.5 Å².